The zero-order valence-electron chi connectivity index (χ0n) is 13.8. The van der Waals surface area contributed by atoms with E-state index in [1.807, 2.05) is 18.2 Å². The average molecular weight is 337 g/mol. The summed E-state index contributed by atoms with van der Waals surface area (Å²) in [6.45, 7) is 1.63. The summed E-state index contributed by atoms with van der Waals surface area (Å²) in [5, 5.41) is 10.6. The van der Waals surface area contributed by atoms with Crippen LogP contribution in [0.25, 0.3) is 10.9 Å². The van der Waals surface area contributed by atoms with Crippen molar-refractivity contribution in [2.45, 2.75) is 12.3 Å². The molecule has 0 unspecified atom stereocenters. The highest BCUT2D eigenvalue weighted by Gasteiger charge is 2.31. The second kappa shape index (κ2) is 6.76. The van der Waals surface area contributed by atoms with Gasteiger partial charge in [-0.25, -0.2) is 14.4 Å². The van der Waals surface area contributed by atoms with E-state index in [4.69, 9.17) is 0 Å². The first kappa shape index (κ1) is 16.0. The van der Waals surface area contributed by atoms with E-state index in [1.165, 1.54) is 24.0 Å². The Balaban J connectivity index is 1.65. The fourth-order valence-electron chi connectivity index (χ4n) is 3.82. The van der Waals surface area contributed by atoms with Crippen molar-refractivity contribution < 1.29 is 9.50 Å². The van der Waals surface area contributed by atoms with Crippen LogP contribution < -0.4 is 4.90 Å². The molecule has 5 heteroatoms. The molecule has 4 nitrogen and oxygen atoms in total. The predicted molar refractivity (Wildman–Crippen MR) is 96.1 cm³/mol. The lowest BCUT2D eigenvalue weighted by atomic mass is 9.81. The van der Waals surface area contributed by atoms with E-state index < -0.39 is 0 Å². The monoisotopic (exact) mass is 337 g/mol. The smallest absolute Gasteiger partial charge is 0.139 e. The second-order valence-corrected chi connectivity index (χ2v) is 6.55. The van der Waals surface area contributed by atoms with Crippen LogP contribution in [0.15, 0.2) is 54.9 Å². The molecule has 2 atom stereocenters. The minimum atomic E-state index is -0.290. The number of hydrogen-bond donors (Lipinski definition) is 1. The summed E-state index contributed by atoms with van der Waals surface area (Å²) in [6, 6.07) is 14.9. The number of piperidine rings is 1. The van der Waals surface area contributed by atoms with Gasteiger partial charge in [-0.2, -0.15) is 0 Å². The summed E-state index contributed by atoms with van der Waals surface area (Å²) in [7, 11) is 0. The van der Waals surface area contributed by atoms with Crippen LogP contribution in [0.5, 0.6) is 0 Å². The molecule has 0 amide bonds. The van der Waals surface area contributed by atoms with Crippen molar-refractivity contribution in [3.8, 4) is 0 Å². The highest BCUT2D eigenvalue weighted by atomic mass is 19.1. The minimum Gasteiger partial charge on any atom is -0.396 e. The van der Waals surface area contributed by atoms with Crippen LogP contribution in [0.3, 0.4) is 0 Å². The Morgan fingerprint density at radius 3 is 2.76 bits per heavy atom. The zero-order chi connectivity index (χ0) is 17.2. The maximum atomic E-state index is 13.7. The SMILES string of the molecule is OC[C@H]1CN(c2ncnc3ccc(F)cc23)CC[C@H]1c1ccccc1. The number of aromatic nitrogens is 2. The van der Waals surface area contributed by atoms with Gasteiger partial charge in [0.05, 0.1) is 5.52 Å². The quantitative estimate of drug-likeness (QED) is 0.796. The number of rotatable bonds is 3. The summed E-state index contributed by atoms with van der Waals surface area (Å²) in [4.78, 5) is 10.8. The predicted octanol–water partition coefficient (Wildman–Crippen LogP) is 3.37. The number of aliphatic hydroxyl groups is 1. The Kier molecular flexibility index (Phi) is 4.32. The number of fused-ring (bicyclic) bond motifs is 1. The lowest BCUT2D eigenvalue weighted by Gasteiger charge is -2.39. The van der Waals surface area contributed by atoms with E-state index in [1.54, 1.807) is 6.07 Å². The third-order valence-corrected chi connectivity index (χ3v) is 5.07. The van der Waals surface area contributed by atoms with Gasteiger partial charge in [-0.05, 0) is 36.1 Å². The first-order valence-electron chi connectivity index (χ1n) is 8.57. The minimum absolute atomic E-state index is 0.118. The molecule has 0 saturated carbocycles. The molecule has 1 saturated heterocycles. The maximum Gasteiger partial charge on any atom is 0.139 e. The summed E-state index contributed by atoms with van der Waals surface area (Å²) in [6.07, 6.45) is 2.45. The summed E-state index contributed by atoms with van der Waals surface area (Å²) < 4.78 is 13.7. The standard InChI is InChI=1S/C20H20FN3O/c21-16-6-7-19-18(10-16)20(23-13-22-19)24-9-8-17(15(11-24)12-25)14-4-2-1-3-5-14/h1-7,10,13,15,17,25H,8-9,11-12H2/t15-,17+/m1/s1. The van der Waals surface area contributed by atoms with Crippen molar-refractivity contribution in [1.29, 1.82) is 0 Å². The van der Waals surface area contributed by atoms with Crippen LogP contribution in [0.4, 0.5) is 10.2 Å². The molecule has 0 bridgehead atoms. The molecule has 1 aromatic heterocycles. The van der Waals surface area contributed by atoms with Gasteiger partial charge in [-0.15, -0.1) is 0 Å². The van der Waals surface area contributed by atoms with Crippen molar-refractivity contribution in [2.24, 2.45) is 5.92 Å². The normalized spacial score (nSPS) is 20.8. The Bertz CT molecular complexity index is 871. The largest absolute Gasteiger partial charge is 0.396 e. The van der Waals surface area contributed by atoms with Gasteiger partial charge in [0, 0.05) is 31.0 Å². The van der Waals surface area contributed by atoms with Gasteiger partial charge in [0.2, 0.25) is 0 Å². The Labute approximate surface area is 146 Å². The van der Waals surface area contributed by atoms with E-state index in [2.05, 4.69) is 27.0 Å². The van der Waals surface area contributed by atoms with Gasteiger partial charge in [0.25, 0.3) is 0 Å². The van der Waals surface area contributed by atoms with Crippen molar-refractivity contribution in [2.75, 3.05) is 24.6 Å². The fraction of sp³-hybridized carbons (Fsp3) is 0.300. The van der Waals surface area contributed by atoms with Crippen LogP contribution >= 0.6 is 0 Å². The lowest BCUT2D eigenvalue weighted by Crippen LogP contribution is -2.41. The molecule has 4 rings (SSSR count). The molecule has 3 aromatic rings. The average Bonchev–Trinajstić information content (AvgIpc) is 2.67. The van der Waals surface area contributed by atoms with Gasteiger partial charge in [0.15, 0.2) is 0 Å². The molecule has 0 aliphatic carbocycles. The van der Waals surface area contributed by atoms with Crippen LogP contribution in [-0.2, 0) is 0 Å². The molecule has 0 spiro atoms. The number of anilines is 1. The highest BCUT2D eigenvalue weighted by Crippen LogP contribution is 2.35. The van der Waals surface area contributed by atoms with Crippen molar-refractivity contribution >= 4 is 16.7 Å². The number of benzene rings is 2. The summed E-state index contributed by atoms with van der Waals surface area (Å²) >= 11 is 0. The first-order chi connectivity index (χ1) is 12.3. The van der Waals surface area contributed by atoms with Crippen molar-refractivity contribution in [3.63, 3.8) is 0 Å². The Morgan fingerprint density at radius 1 is 1.12 bits per heavy atom. The summed E-state index contributed by atoms with van der Waals surface area (Å²) in [5.74, 6) is 0.901. The van der Waals surface area contributed by atoms with E-state index in [-0.39, 0.29) is 18.3 Å². The molecule has 1 N–H and O–H groups in total. The molecule has 1 aliphatic rings. The van der Waals surface area contributed by atoms with Crippen LogP contribution in [0, 0.1) is 11.7 Å². The molecule has 0 radical (unpaired) electrons. The van der Waals surface area contributed by atoms with Gasteiger partial charge in [-0.1, -0.05) is 30.3 Å². The third kappa shape index (κ3) is 3.07. The number of nitrogens with zero attached hydrogens (tertiary/aromatic N) is 3. The number of halogens is 1. The highest BCUT2D eigenvalue weighted by molar-refractivity contribution is 5.89. The van der Waals surface area contributed by atoms with E-state index in [0.29, 0.717) is 12.5 Å². The molecule has 128 valence electrons. The third-order valence-electron chi connectivity index (χ3n) is 5.07. The topological polar surface area (TPSA) is 49.2 Å². The van der Waals surface area contributed by atoms with Gasteiger partial charge in [0.1, 0.15) is 18.0 Å². The molecular formula is C20H20FN3O. The van der Waals surface area contributed by atoms with Crippen LogP contribution in [0.1, 0.15) is 17.9 Å². The van der Waals surface area contributed by atoms with Gasteiger partial charge in [-0.3, -0.25) is 0 Å². The van der Waals surface area contributed by atoms with Crippen molar-refractivity contribution in [3.05, 3.63) is 66.2 Å². The van der Waals surface area contributed by atoms with Gasteiger partial charge >= 0.3 is 0 Å². The molecule has 2 heterocycles. The zero-order valence-corrected chi connectivity index (χ0v) is 13.8. The number of aliphatic hydroxyl groups excluding tert-OH is 1. The molecule has 2 aromatic carbocycles. The van der Waals surface area contributed by atoms with Gasteiger partial charge < -0.3 is 10.0 Å². The van der Waals surface area contributed by atoms with E-state index >= 15 is 0 Å². The molecule has 1 aliphatic heterocycles. The fourth-order valence-corrected chi connectivity index (χ4v) is 3.82. The molecular weight excluding hydrogens is 317 g/mol. The summed E-state index contributed by atoms with van der Waals surface area (Å²) in [5.41, 5.74) is 2.00. The maximum absolute atomic E-state index is 13.7. The second-order valence-electron chi connectivity index (χ2n) is 6.55. The molecule has 25 heavy (non-hydrogen) atoms. The van der Waals surface area contributed by atoms with E-state index in [0.717, 1.165) is 29.7 Å². The first-order valence-corrected chi connectivity index (χ1v) is 8.57. The lowest BCUT2D eigenvalue weighted by molar-refractivity contribution is 0.189. The Morgan fingerprint density at radius 2 is 1.96 bits per heavy atom. The van der Waals surface area contributed by atoms with Crippen LogP contribution in [-0.4, -0.2) is 34.8 Å². The Hall–Kier alpha value is -2.53. The van der Waals surface area contributed by atoms with E-state index in [9.17, 15) is 9.50 Å². The van der Waals surface area contributed by atoms with Crippen LogP contribution in [0.2, 0.25) is 0 Å². The number of hydrogen-bond acceptors (Lipinski definition) is 4. The molecule has 1 fully saturated rings. The van der Waals surface area contributed by atoms with Crippen molar-refractivity contribution in [1.82, 2.24) is 9.97 Å².